The first-order chi connectivity index (χ1) is 13.5. The Kier molecular flexibility index (Phi) is 5.31. The van der Waals surface area contributed by atoms with Gasteiger partial charge in [0.1, 0.15) is 0 Å². The van der Waals surface area contributed by atoms with E-state index in [-0.39, 0.29) is 5.82 Å². The summed E-state index contributed by atoms with van der Waals surface area (Å²) < 4.78 is -1.77. The Bertz CT molecular complexity index is 1110. The molecular formula is C20H14Cl3N5. The lowest BCUT2D eigenvalue weighted by atomic mass is 10.1. The molecule has 0 unspecified atom stereocenters. The van der Waals surface area contributed by atoms with Gasteiger partial charge in [-0.05, 0) is 29.0 Å². The van der Waals surface area contributed by atoms with Gasteiger partial charge in [0, 0.05) is 11.8 Å². The minimum atomic E-state index is -1.77. The lowest BCUT2D eigenvalue weighted by Gasteiger charge is -2.13. The summed E-state index contributed by atoms with van der Waals surface area (Å²) in [4.78, 5) is 17.4. The molecule has 2 heterocycles. The third-order valence-electron chi connectivity index (χ3n) is 4.05. The van der Waals surface area contributed by atoms with E-state index in [2.05, 4.69) is 25.3 Å². The molecule has 140 valence electrons. The molecule has 0 radical (unpaired) electrons. The fraction of sp³-hybridized carbons (Fsp3) is 0.100. The van der Waals surface area contributed by atoms with Gasteiger partial charge in [0.2, 0.25) is 9.74 Å². The summed E-state index contributed by atoms with van der Waals surface area (Å²) in [6, 6.07) is 19.6. The normalized spacial score (nSPS) is 11.5. The molecule has 2 aromatic heterocycles. The quantitative estimate of drug-likeness (QED) is 0.432. The highest BCUT2D eigenvalue weighted by Crippen LogP contribution is 2.37. The van der Waals surface area contributed by atoms with E-state index in [9.17, 15) is 0 Å². The van der Waals surface area contributed by atoms with Gasteiger partial charge in [-0.3, -0.25) is 4.98 Å². The molecule has 4 rings (SSSR count). The van der Waals surface area contributed by atoms with Gasteiger partial charge in [0.25, 0.3) is 0 Å². The number of hydrogen-bond donors (Lipinski definition) is 1. The summed E-state index contributed by atoms with van der Waals surface area (Å²) in [5.41, 5.74) is 1.64. The summed E-state index contributed by atoms with van der Waals surface area (Å²) in [6.07, 6.45) is 1.72. The average Bonchev–Trinajstić information content (AvgIpc) is 2.72. The second-order valence-electron chi connectivity index (χ2n) is 6.04. The van der Waals surface area contributed by atoms with E-state index in [4.69, 9.17) is 34.8 Å². The van der Waals surface area contributed by atoms with Crippen molar-refractivity contribution in [2.24, 2.45) is 0 Å². The zero-order chi connectivity index (χ0) is 19.6. The van der Waals surface area contributed by atoms with Crippen LogP contribution in [0.15, 0.2) is 66.9 Å². The van der Waals surface area contributed by atoms with E-state index in [1.807, 2.05) is 60.7 Å². The van der Waals surface area contributed by atoms with E-state index in [0.717, 1.165) is 22.0 Å². The second-order valence-corrected chi connectivity index (χ2v) is 8.32. The first kappa shape index (κ1) is 18.9. The van der Waals surface area contributed by atoms with Crippen LogP contribution in [0, 0.1) is 0 Å². The number of nitrogens with one attached hydrogen (secondary N) is 1. The zero-order valence-corrected chi connectivity index (χ0v) is 16.7. The molecule has 1 N–H and O–H groups in total. The van der Waals surface area contributed by atoms with Gasteiger partial charge in [-0.1, -0.05) is 77.3 Å². The summed E-state index contributed by atoms with van der Waals surface area (Å²) >= 11 is 18.1. The fourth-order valence-corrected chi connectivity index (χ4v) is 2.97. The molecule has 8 heteroatoms. The van der Waals surface area contributed by atoms with Crippen molar-refractivity contribution in [2.45, 2.75) is 10.3 Å². The molecule has 0 amide bonds. The highest BCUT2D eigenvalue weighted by Gasteiger charge is 2.28. The molecule has 0 aliphatic heterocycles. The largest absolute Gasteiger partial charge is 0.348 e. The maximum absolute atomic E-state index is 6.04. The minimum absolute atomic E-state index is 0.0548. The van der Waals surface area contributed by atoms with Crippen molar-refractivity contribution in [3.63, 3.8) is 0 Å². The maximum atomic E-state index is 6.04. The predicted octanol–water partition coefficient (Wildman–Crippen LogP) is 5.53. The molecule has 0 saturated carbocycles. The molecule has 0 aliphatic carbocycles. The van der Waals surface area contributed by atoms with Crippen LogP contribution >= 0.6 is 34.8 Å². The molecule has 0 fully saturated rings. The van der Waals surface area contributed by atoms with Gasteiger partial charge in [-0.25, -0.2) is 4.98 Å². The number of alkyl halides is 3. The van der Waals surface area contributed by atoms with Crippen molar-refractivity contribution >= 4 is 51.5 Å². The highest BCUT2D eigenvalue weighted by atomic mass is 35.6. The Hall–Kier alpha value is -2.47. The van der Waals surface area contributed by atoms with E-state index in [1.54, 1.807) is 6.20 Å². The standard InChI is InChI=1S/C20H14Cl3N5/c21-20(22,23)18-26-17(15-9-8-13-5-1-2-6-14(13)11-15)27-19(28-18)25-12-16-7-3-4-10-24-16/h1-11H,12H2,(H,25,26,27,28). The number of pyridine rings is 1. The lowest BCUT2D eigenvalue weighted by molar-refractivity contribution is 0.907. The number of fused-ring (bicyclic) bond motifs is 1. The zero-order valence-electron chi connectivity index (χ0n) is 14.5. The number of benzene rings is 2. The van der Waals surface area contributed by atoms with Crippen LogP contribution in [0.2, 0.25) is 0 Å². The molecular weight excluding hydrogens is 417 g/mol. The Morgan fingerprint density at radius 3 is 2.36 bits per heavy atom. The summed E-state index contributed by atoms with van der Waals surface area (Å²) in [5, 5.41) is 5.31. The summed E-state index contributed by atoms with van der Waals surface area (Å²) in [7, 11) is 0. The smallest absolute Gasteiger partial charge is 0.250 e. The van der Waals surface area contributed by atoms with Crippen LogP contribution < -0.4 is 5.32 Å². The van der Waals surface area contributed by atoms with Crippen LogP contribution in [0.5, 0.6) is 0 Å². The number of rotatable bonds is 4. The van der Waals surface area contributed by atoms with Crippen LogP contribution in [-0.2, 0) is 10.3 Å². The third-order valence-corrected chi connectivity index (χ3v) is 4.56. The molecule has 4 aromatic rings. The third kappa shape index (κ3) is 4.33. The van der Waals surface area contributed by atoms with E-state index < -0.39 is 3.79 Å². The molecule has 0 spiro atoms. The lowest BCUT2D eigenvalue weighted by Crippen LogP contribution is -2.13. The topological polar surface area (TPSA) is 63.6 Å². The first-order valence-electron chi connectivity index (χ1n) is 8.45. The van der Waals surface area contributed by atoms with Crippen LogP contribution in [-0.4, -0.2) is 19.9 Å². The van der Waals surface area contributed by atoms with Gasteiger partial charge in [0.15, 0.2) is 11.6 Å². The average molecular weight is 431 g/mol. The van der Waals surface area contributed by atoms with Crippen molar-refractivity contribution in [1.82, 2.24) is 19.9 Å². The van der Waals surface area contributed by atoms with Crippen molar-refractivity contribution in [3.8, 4) is 11.4 Å². The molecule has 28 heavy (non-hydrogen) atoms. The Labute approximate surface area is 176 Å². The first-order valence-corrected chi connectivity index (χ1v) is 9.59. The van der Waals surface area contributed by atoms with Crippen molar-refractivity contribution in [2.75, 3.05) is 5.32 Å². The Morgan fingerprint density at radius 2 is 1.61 bits per heavy atom. The van der Waals surface area contributed by atoms with Crippen molar-refractivity contribution < 1.29 is 0 Å². The molecule has 0 saturated heterocycles. The highest BCUT2D eigenvalue weighted by molar-refractivity contribution is 6.66. The predicted molar refractivity (Wildman–Crippen MR) is 114 cm³/mol. The van der Waals surface area contributed by atoms with Crippen LogP contribution in [0.25, 0.3) is 22.2 Å². The SMILES string of the molecule is ClC(Cl)(Cl)c1nc(NCc2ccccn2)nc(-c2ccc3ccccc3c2)n1. The summed E-state index contributed by atoms with van der Waals surface area (Å²) in [6.45, 7) is 0.432. The Morgan fingerprint density at radius 1 is 0.821 bits per heavy atom. The van der Waals surface area contributed by atoms with Gasteiger partial charge in [-0.15, -0.1) is 0 Å². The fourth-order valence-electron chi connectivity index (χ4n) is 2.71. The second kappa shape index (κ2) is 7.87. The Balaban J connectivity index is 1.72. The van der Waals surface area contributed by atoms with Crippen LogP contribution in [0.1, 0.15) is 11.5 Å². The monoisotopic (exact) mass is 429 g/mol. The molecule has 0 aliphatic rings. The van der Waals surface area contributed by atoms with Gasteiger partial charge in [0.05, 0.1) is 12.2 Å². The van der Waals surface area contributed by atoms with Gasteiger partial charge in [-0.2, -0.15) is 9.97 Å². The molecule has 0 bridgehead atoms. The number of anilines is 1. The number of hydrogen-bond acceptors (Lipinski definition) is 5. The van der Waals surface area contributed by atoms with Crippen LogP contribution in [0.3, 0.4) is 0 Å². The van der Waals surface area contributed by atoms with Gasteiger partial charge >= 0.3 is 0 Å². The van der Waals surface area contributed by atoms with Crippen molar-refractivity contribution in [3.05, 3.63) is 78.4 Å². The van der Waals surface area contributed by atoms with Crippen molar-refractivity contribution in [1.29, 1.82) is 0 Å². The number of aromatic nitrogens is 4. The van der Waals surface area contributed by atoms with Gasteiger partial charge < -0.3 is 5.32 Å². The number of halogens is 3. The number of nitrogens with zero attached hydrogens (tertiary/aromatic N) is 4. The van der Waals surface area contributed by atoms with Crippen LogP contribution in [0.4, 0.5) is 5.95 Å². The molecule has 2 aromatic carbocycles. The van der Waals surface area contributed by atoms with E-state index >= 15 is 0 Å². The molecule has 0 atom stereocenters. The maximum Gasteiger partial charge on any atom is 0.250 e. The summed E-state index contributed by atoms with van der Waals surface area (Å²) in [5.74, 6) is 0.787. The van der Waals surface area contributed by atoms with E-state index in [0.29, 0.717) is 18.3 Å². The van der Waals surface area contributed by atoms with E-state index in [1.165, 1.54) is 0 Å². The molecule has 5 nitrogen and oxygen atoms in total. The minimum Gasteiger partial charge on any atom is -0.348 e.